The number of aliphatic hydroxyl groups is 1. The number of esters is 1. The summed E-state index contributed by atoms with van der Waals surface area (Å²) in [5.74, 6) is -0.642. The van der Waals surface area contributed by atoms with Crippen LogP contribution in [-0.4, -0.2) is 36.5 Å². The molecule has 0 aliphatic rings. The van der Waals surface area contributed by atoms with Crippen LogP contribution < -0.4 is 0 Å². The Morgan fingerprint density at radius 3 is 2.67 bits per heavy atom. The summed E-state index contributed by atoms with van der Waals surface area (Å²) in [6.45, 7) is 7.43. The number of carbonyl (C=O) groups excluding carboxylic acids is 1. The fraction of sp³-hybridized carbons (Fsp3) is 0.727. The molecule has 0 aliphatic heterocycles. The van der Waals surface area contributed by atoms with E-state index in [0.717, 1.165) is 0 Å². The van der Waals surface area contributed by atoms with Gasteiger partial charge in [-0.25, -0.2) is 4.79 Å². The van der Waals surface area contributed by atoms with Gasteiger partial charge in [0.1, 0.15) is 0 Å². The largest absolute Gasteiger partial charge is 0.467 e. The summed E-state index contributed by atoms with van der Waals surface area (Å²) >= 11 is 0. The van der Waals surface area contributed by atoms with E-state index in [9.17, 15) is 9.90 Å². The Kier molecular flexibility index (Phi) is 6.20. The van der Waals surface area contributed by atoms with Crippen LogP contribution in [0.15, 0.2) is 12.7 Å². The molecule has 88 valence electrons. The maximum atomic E-state index is 11.2. The molecule has 4 nitrogen and oxygen atoms in total. The summed E-state index contributed by atoms with van der Waals surface area (Å²) < 4.78 is 9.88. The molecule has 0 aromatic heterocycles. The van der Waals surface area contributed by atoms with Crippen molar-refractivity contribution >= 4 is 5.97 Å². The lowest BCUT2D eigenvalue weighted by Gasteiger charge is -2.25. The van der Waals surface area contributed by atoms with Crippen molar-refractivity contribution in [2.45, 2.75) is 38.4 Å². The van der Waals surface area contributed by atoms with E-state index in [-0.39, 0.29) is 12.5 Å². The first-order valence-electron chi connectivity index (χ1n) is 5.01. The number of carbonyl (C=O) groups is 1. The first kappa shape index (κ1) is 14.1. The van der Waals surface area contributed by atoms with Crippen LogP contribution >= 0.6 is 0 Å². The maximum Gasteiger partial charge on any atom is 0.337 e. The van der Waals surface area contributed by atoms with E-state index in [1.54, 1.807) is 6.08 Å². The molecule has 1 N–H and O–H groups in total. The van der Waals surface area contributed by atoms with Gasteiger partial charge < -0.3 is 14.6 Å². The Balaban J connectivity index is 4.35. The Labute approximate surface area is 90.9 Å². The SMILES string of the molecule is C=CCC(C[C@@](C)(O)C(=O)OC)OCC. The lowest BCUT2D eigenvalue weighted by atomic mass is 9.97. The van der Waals surface area contributed by atoms with Crippen LogP contribution in [0.25, 0.3) is 0 Å². The molecule has 4 heteroatoms. The summed E-state index contributed by atoms with van der Waals surface area (Å²) in [7, 11) is 1.25. The molecule has 0 fully saturated rings. The van der Waals surface area contributed by atoms with Crippen LogP contribution in [0, 0.1) is 0 Å². The van der Waals surface area contributed by atoms with Crippen molar-refractivity contribution in [3.05, 3.63) is 12.7 Å². The predicted molar refractivity (Wildman–Crippen MR) is 57.5 cm³/mol. The molecule has 1 unspecified atom stereocenters. The molecule has 0 rings (SSSR count). The molecule has 0 aliphatic carbocycles. The zero-order chi connectivity index (χ0) is 11.9. The van der Waals surface area contributed by atoms with E-state index < -0.39 is 11.6 Å². The van der Waals surface area contributed by atoms with Gasteiger partial charge in [-0.3, -0.25) is 0 Å². The topological polar surface area (TPSA) is 55.8 Å². The van der Waals surface area contributed by atoms with Crippen LogP contribution in [-0.2, 0) is 14.3 Å². The molecular formula is C11H20O4. The van der Waals surface area contributed by atoms with Gasteiger partial charge in [-0.15, -0.1) is 6.58 Å². The molecule has 0 radical (unpaired) electrons. The van der Waals surface area contributed by atoms with Crippen molar-refractivity contribution in [1.29, 1.82) is 0 Å². The maximum absolute atomic E-state index is 11.2. The third kappa shape index (κ3) is 4.95. The molecule has 2 atom stereocenters. The van der Waals surface area contributed by atoms with Gasteiger partial charge >= 0.3 is 5.97 Å². The molecule has 15 heavy (non-hydrogen) atoms. The lowest BCUT2D eigenvalue weighted by molar-refractivity contribution is -0.164. The Hall–Kier alpha value is -0.870. The van der Waals surface area contributed by atoms with Crippen LogP contribution in [0.1, 0.15) is 26.7 Å². The lowest BCUT2D eigenvalue weighted by Crippen LogP contribution is -2.40. The molecule has 0 saturated heterocycles. The van der Waals surface area contributed by atoms with E-state index in [2.05, 4.69) is 11.3 Å². The molecule has 0 aromatic rings. The summed E-state index contributed by atoms with van der Waals surface area (Å²) in [4.78, 5) is 11.2. The molecule has 0 saturated carbocycles. The van der Waals surface area contributed by atoms with Crippen molar-refractivity contribution < 1.29 is 19.4 Å². The normalized spacial score (nSPS) is 16.5. The van der Waals surface area contributed by atoms with Gasteiger partial charge in [-0.1, -0.05) is 6.08 Å². The molecular weight excluding hydrogens is 196 g/mol. The first-order valence-corrected chi connectivity index (χ1v) is 5.01. The second-order valence-electron chi connectivity index (χ2n) is 3.57. The average Bonchev–Trinajstić information content (AvgIpc) is 2.16. The van der Waals surface area contributed by atoms with Crippen molar-refractivity contribution in [2.75, 3.05) is 13.7 Å². The van der Waals surface area contributed by atoms with Gasteiger partial charge in [0.25, 0.3) is 0 Å². The quantitative estimate of drug-likeness (QED) is 0.514. The van der Waals surface area contributed by atoms with Gasteiger partial charge in [0.2, 0.25) is 0 Å². The van der Waals surface area contributed by atoms with E-state index >= 15 is 0 Å². The molecule has 0 amide bonds. The van der Waals surface area contributed by atoms with Gasteiger partial charge in [0, 0.05) is 13.0 Å². The van der Waals surface area contributed by atoms with Crippen LogP contribution in [0.3, 0.4) is 0 Å². The van der Waals surface area contributed by atoms with Crippen molar-refractivity contribution in [2.24, 2.45) is 0 Å². The second kappa shape index (κ2) is 6.58. The number of hydrogen-bond donors (Lipinski definition) is 1. The minimum atomic E-state index is -1.50. The third-order valence-corrected chi connectivity index (χ3v) is 2.08. The number of hydrogen-bond acceptors (Lipinski definition) is 4. The number of methoxy groups -OCH3 is 1. The van der Waals surface area contributed by atoms with E-state index in [1.807, 2.05) is 6.92 Å². The molecule has 0 aromatic carbocycles. The van der Waals surface area contributed by atoms with E-state index in [0.29, 0.717) is 13.0 Å². The summed E-state index contributed by atoms with van der Waals surface area (Å²) in [6.07, 6.45) is 2.30. The third-order valence-electron chi connectivity index (χ3n) is 2.08. The van der Waals surface area contributed by atoms with E-state index in [1.165, 1.54) is 14.0 Å². The Morgan fingerprint density at radius 1 is 1.67 bits per heavy atom. The second-order valence-corrected chi connectivity index (χ2v) is 3.57. The highest BCUT2D eigenvalue weighted by Crippen LogP contribution is 2.18. The predicted octanol–water partition coefficient (Wildman–Crippen LogP) is 1.28. The fourth-order valence-electron chi connectivity index (χ4n) is 1.38. The minimum absolute atomic E-state index is 0.207. The zero-order valence-corrected chi connectivity index (χ0v) is 9.66. The Morgan fingerprint density at radius 2 is 2.27 bits per heavy atom. The van der Waals surface area contributed by atoms with E-state index in [4.69, 9.17) is 4.74 Å². The van der Waals surface area contributed by atoms with Gasteiger partial charge in [-0.2, -0.15) is 0 Å². The minimum Gasteiger partial charge on any atom is -0.467 e. The first-order chi connectivity index (χ1) is 6.97. The summed E-state index contributed by atoms with van der Waals surface area (Å²) in [5, 5.41) is 9.82. The fourth-order valence-corrected chi connectivity index (χ4v) is 1.38. The molecule has 0 heterocycles. The number of ether oxygens (including phenoxy) is 2. The zero-order valence-electron chi connectivity index (χ0n) is 9.66. The molecule has 0 spiro atoms. The van der Waals surface area contributed by atoms with Crippen molar-refractivity contribution in [3.63, 3.8) is 0 Å². The highest BCUT2D eigenvalue weighted by Gasteiger charge is 2.34. The summed E-state index contributed by atoms with van der Waals surface area (Å²) in [5.41, 5.74) is -1.50. The van der Waals surface area contributed by atoms with Crippen molar-refractivity contribution in [3.8, 4) is 0 Å². The van der Waals surface area contributed by atoms with Crippen LogP contribution in [0.4, 0.5) is 0 Å². The van der Waals surface area contributed by atoms with Gasteiger partial charge in [-0.05, 0) is 20.3 Å². The van der Waals surface area contributed by atoms with Gasteiger partial charge in [0.05, 0.1) is 13.2 Å². The molecule has 0 bridgehead atoms. The highest BCUT2D eigenvalue weighted by atomic mass is 16.5. The standard InChI is InChI=1S/C11H20O4/c1-5-7-9(15-6-2)8-11(3,13)10(12)14-4/h5,9,13H,1,6-8H2,2-4H3/t9?,11-/m1/s1. The Bertz CT molecular complexity index is 211. The number of rotatable bonds is 7. The smallest absolute Gasteiger partial charge is 0.337 e. The van der Waals surface area contributed by atoms with Crippen LogP contribution in [0.2, 0.25) is 0 Å². The van der Waals surface area contributed by atoms with Crippen LogP contribution in [0.5, 0.6) is 0 Å². The van der Waals surface area contributed by atoms with Gasteiger partial charge in [0.15, 0.2) is 5.60 Å². The average molecular weight is 216 g/mol. The van der Waals surface area contributed by atoms with Crippen molar-refractivity contribution in [1.82, 2.24) is 0 Å². The monoisotopic (exact) mass is 216 g/mol. The summed E-state index contributed by atoms with van der Waals surface area (Å²) in [6, 6.07) is 0. The highest BCUT2D eigenvalue weighted by molar-refractivity contribution is 5.78.